The highest BCUT2D eigenvalue weighted by Gasteiger charge is 2.10. The Morgan fingerprint density at radius 2 is 2.14 bits per heavy atom. The second kappa shape index (κ2) is 7.04. The summed E-state index contributed by atoms with van der Waals surface area (Å²) in [6.07, 6.45) is 1.72. The third-order valence-electron chi connectivity index (χ3n) is 2.98. The minimum absolute atomic E-state index is 0.0713. The van der Waals surface area contributed by atoms with E-state index < -0.39 is 0 Å². The molecule has 112 valence electrons. The van der Waals surface area contributed by atoms with E-state index in [9.17, 15) is 4.79 Å². The van der Waals surface area contributed by atoms with Gasteiger partial charge in [0.1, 0.15) is 11.3 Å². The maximum absolute atomic E-state index is 11.9. The predicted molar refractivity (Wildman–Crippen MR) is 84.7 cm³/mol. The number of pyridine rings is 1. The van der Waals surface area contributed by atoms with Crippen LogP contribution < -0.4 is 15.4 Å². The Morgan fingerprint density at radius 3 is 2.86 bits per heavy atom. The van der Waals surface area contributed by atoms with Crippen LogP contribution in [0.2, 0.25) is 0 Å². The fourth-order valence-electron chi connectivity index (χ4n) is 2.02. The van der Waals surface area contributed by atoms with Gasteiger partial charge >= 0.3 is 0 Å². The Bertz CT molecular complexity index is 626. The molecule has 0 unspecified atom stereocenters. The lowest BCUT2D eigenvalue weighted by Crippen LogP contribution is -2.32. The van der Waals surface area contributed by atoms with Gasteiger partial charge in [0.15, 0.2) is 0 Å². The van der Waals surface area contributed by atoms with Gasteiger partial charge in [-0.15, -0.1) is 0 Å². The number of nitrogens with zero attached hydrogens (tertiary/aromatic N) is 1. The number of anilines is 1. The van der Waals surface area contributed by atoms with Crippen LogP contribution in [0.5, 0.6) is 5.75 Å². The van der Waals surface area contributed by atoms with E-state index in [1.54, 1.807) is 6.20 Å². The number of hydrogen-bond donors (Lipinski definition) is 2. The molecule has 0 saturated heterocycles. The van der Waals surface area contributed by atoms with Crippen LogP contribution in [0.15, 0.2) is 30.5 Å². The van der Waals surface area contributed by atoms with Crippen LogP contribution in [0.4, 0.5) is 5.69 Å². The summed E-state index contributed by atoms with van der Waals surface area (Å²) < 4.78 is 5.57. The number of amides is 1. The lowest BCUT2D eigenvalue weighted by atomic mass is 10.1. The molecule has 1 aromatic heterocycles. The molecule has 2 N–H and O–H groups in total. The van der Waals surface area contributed by atoms with E-state index >= 15 is 0 Å². The molecule has 21 heavy (non-hydrogen) atoms. The summed E-state index contributed by atoms with van der Waals surface area (Å²) in [5, 5.41) is 6.88. The first kappa shape index (κ1) is 15.3. The Morgan fingerprint density at radius 1 is 1.33 bits per heavy atom. The fraction of sp³-hybridized carbons (Fsp3) is 0.375. The summed E-state index contributed by atoms with van der Waals surface area (Å²) in [7, 11) is 0. The van der Waals surface area contributed by atoms with E-state index in [-0.39, 0.29) is 18.5 Å². The smallest absolute Gasteiger partial charge is 0.238 e. The summed E-state index contributed by atoms with van der Waals surface area (Å²) in [4.78, 5) is 16.3. The van der Waals surface area contributed by atoms with Crippen molar-refractivity contribution in [3.8, 4) is 5.75 Å². The molecule has 1 amide bonds. The first-order valence-corrected chi connectivity index (χ1v) is 7.15. The monoisotopic (exact) mass is 287 g/mol. The van der Waals surface area contributed by atoms with E-state index in [2.05, 4.69) is 15.6 Å². The minimum atomic E-state index is -0.0713. The molecule has 0 aliphatic carbocycles. The average molecular weight is 287 g/mol. The number of carbonyl (C=O) groups is 1. The van der Waals surface area contributed by atoms with Crippen LogP contribution in [0.1, 0.15) is 20.8 Å². The van der Waals surface area contributed by atoms with Gasteiger partial charge in [0.05, 0.1) is 18.8 Å². The molecule has 0 spiro atoms. The number of hydrogen-bond acceptors (Lipinski definition) is 4. The zero-order valence-electron chi connectivity index (χ0n) is 12.6. The second-order valence-corrected chi connectivity index (χ2v) is 5.03. The van der Waals surface area contributed by atoms with Gasteiger partial charge in [-0.25, -0.2) is 0 Å². The van der Waals surface area contributed by atoms with Crippen molar-refractivity contribution in [3.63, 3.8) is 0 Å². The highest BCUT2D eigenvalue weighted by Crippen LogP contribution is 2.29. The van der Waals surface area contributed by atoms with Crippen LogP contribution >= 0.6 is 0 Å². The van der Waals surface area contributed by atoms with Gasteiger partial charge in [-0.1, -0.05) is 13.8 Å². The number of fused-ring (bicyclic) bond motifs is 1. The standard InChI is InChI=1S/C16H21N3O2/c1-4-21-14-8-7-13(12-6-5-9-17-16(12)14)19-15(20)10-18-11(2)3/h5-9,11,18H,4,10H2,1-3H3,(H,19,20). The summed E-state index contributed by atoms with van der Waals surface area (Å²) in [6, 6.07) is 7.73. The van der Waals surface area contributed by atoms with Crippen molar-refractivity contribution in [2.24, 2.45) is 0 Å². The van der Waals surface area contributed by atoms with E-state index in [0.717, 1.165) is 22.3 Å². The lowest BCUT2D eigenvalue weighted by molar-refractivity contribution is -0.115. The summed E-state index contributed by atoms with van der Waals surface area (Å²) in [5.74, 6) is 0.657. The van der Waals surface area contributed by atoms with Crippen LogP contribution in [0, 0.1) is 0 Å². The lowest BCUT2D eigenvalue weighted by Gasteiger charge is -2.13. The van der Waals surface area contributed by atoms with Gasteiger partial charge in [-0.2, -0.15) is 0 Å². The number of aromatic nitrogens is 1. The Kier molecular flexibility index (Phi) is 5.11. The van der Waals surface area contributed by atoms with Gasteiger partial charge in [-0.05, 0) is 31.2 Å². The molecule has 5 nitrogen and oxygen atoms in total. The molecule has 5 heteroatoms. The highest BCUT2D eigenvalue weighted by molar-refractivity contribution is 6.03. The van der Waals surface area contributed by atoms with E-state index in [0.29, 0.717) is 6.61 Å². The molecule has 0 radical (unpaired) electrons. The maximum Gasteiger partial charge on any atom is 0.238 e. The normalized spacial score (nSPS) is 10.9. The molecule has 0 aliphatic heterocycles. The first-order valence-electron chi connectivity index (χ1n) is 7.15. The first-order chi connectivity index (χ1) is 10.1. The number of nitrogens with one attached hydrogen (secondary N) is 2. The van der Waals surface area contributed by atoms with Crippen LogP contribution in [0.25, 0.3) is 10.9 Å². The molecule has 0 fully saturated rings. The topological polar surface area (TPSA) is 63.2 Å². The molecule has 0 saturated carbocycles. The number of carbonyl (C=O) groups excluding carboxylic acids is 1. The van der Waals surface area contributed by atoms with Gasteiger partial charge in [0, 0.05) is 17.6 Å². The van der Waals surface area contributed by atoms with Crippen molar-refractivity contribution in [2.75, 3.05) is 18.5 Å². The van der Waals surface area contributed by atoms with E-state index in [1.807, 2.05) is 45.0 Å². The van der Waals surface area contributed by atoms with Crippen molar-refractivity contribution in [1.82, 2.24) is 10.3 Å². The second-order valence-electron chi connectivity index (χ2n) is 5.03. The number of benzene rings is 1. The molecule has 2 rings (SSSR count). The quantitative estimate of drug-likeness (QED) is 0.857. The maximum atomic E-state index is 11.9. The van der Waals surface area contributed by atoms with E-state index in [1.165, 1.54) is 0 Å². The van der Waals surface area contributed by atoms with Crippen molar-refractivity contribution >= 4 is 22.5 Å². The van der Waals surface area contributed by atoms with Gasteiger partial charge in [0.25, 0.3) is 0 Å². The molecule has 0 atom stereocenters. The van der Waals surface area contributed by atoms with Crippen LogP contribution in [-0.4, -0.2) is 30.1 Å². The van der Waals surface area contributed by atoms with Gasteiger partial charge < -0.3 is 15.4 Å². The van der Waals surface area contributed by atoms with Gasteiger partial charge in [-0.3, -0.25) is 9.78 Å². The molecular formula is C16H21N3O2. The van der Waals surface area contributed by atoms with Gasteiger partial charge in [0.2, 0.25) is 5.91 Å². The third-order valence-corrected chi connectivity index (χ3v) is 2.98. The molecule has 1 aromatic carbocycles. The number of rotatable bonds is 6. The zero-order valence-corrected chi connectivity index (χ0v) is 12.6. The predicted octanol–water partition coefficient (Wildman–Crippen LogP) is 2.57. The summed E-state index contributed by atoms with van der Waals surface area (Å²) in [6.45, 7) is 6.80. The van der Waals surface area contributed by atoms with Crippen molar-refractivity contribution < 1.29 is 9.53 Å². The molecular weight excluding hydrogens is 266 g/mol. The van der Waals surface area contributed by atoms with Crippen molar-refractivity contribution in [1.29, 1.82) is 0 Å². The number of ether oxygens (including phenoxy) is 1. The Balaban J connectivity index is 2.24. The third kappa shape index (κ3) is 3.92. The Labute approximate surface area is 124 Å². The molecule has 0 aliphatic rings. The zero-order chi connectivity index (χ0) is 15.2. The molecule has 1 heterocycles. The highest BCUT2D eigenvalue weighted by atomic mass is 16.5. The SMILES string of the molecule is CCOc1ccc(NC(=O)CNC(C)C)c2cccnc12. The summed E-state index contributed by atoms with van der Waals surface area (Å²) >= 11 is 0. The van der Waals surface area contributed by atoms with Crippen LogP contribution in [-0.2, 0) is 4.79 Å². The summed E-state index contributed by atoms with van der Waals surface area (Å²) in [5.41, 5.74) is 1.51. The largest absolute Gasteiger partial charge is 0.492 e. The van der Waals surface area contributed by atoms with Crippen LogP contribution in [0.3, 0.4) is 0 Å². The minimum Gasteiger partial charge on any atom is -0.492 e. The van der Waals surface area contributed by atoms with Crippen molar-refractivity contribution in [2.45, 2.75) is 26.8 Å². The Hall–Kier alpha value is -2.14. The average Bonchev–Trinajstić information content (AvgIpc) is 2.48. The molecule has 0 bridgehead atoms. The van der Waals surface area contributed by atoms with Crippen molar-refractivity contribution in [3.05, 3.63) is 30.5 Å². The molecule has 2 aromatic rings. The fourth-order valence-corrected chi connectivity index (χ4v) is 2.02. The van der Waals surface area contributed by atoms with E-state index in [4.69, 9.17) is 4.74 Å².